The molecule has 1 N–H and O–H groups in total. The van der Waals surface area contributed by atoms with Crippen LogP contribution >= 0.6 is 0 Å². The predicted molar refractivity (Wildman–Crippen MR) is 88.1 cm³/mol. The van der Waals surface area contributed by atoms with Crippen LogP contribution in [-0.2, 0) is 9.53 Å². The SMILES string of the molecule is Cc1ccnc(NC(=O)C[C@H]2CCN(C(=O)OC(C)(C)C)C2)c1. The first kappa shape index (κ1) is 17.2. The van der Waals surface area contributed by atoms with E-state index in [0.29, 0.717) is 25.3 Å². The van der Waals surface area contributed by atoms with Crippen LogP contribution in [0.2, 0.25) is 0 Å². The van der Waals surface area contributed by atoms with Gasteiger partial charge in [-0.15, -0.1) is 0 Å². The number of aryl methyl sites for hydroxylation is 1. The van der Waals surface area contributed by atoms with Crippen molar-refractivity contribution >= 4 is 17.8 Å². The minimum Gasteiger partial charge on any atom is -0.444 e. The number of nitrogens with one attached hydrogen (secondary N) is 1. The van der Waals surface area contributed by atoms with Crippen LogP contribution in [0.25, 0.3) is 0 Å². The molecule has 0 radical (unpaired) electrons. The summed E-state index contributed by atoms with van der Waals surface area (Å²) >= 11 is 0. The van der Waals surface area contributed by atoms with E-state index < -0.39 is 5.60 Å². The van der Waals surface area contributed by atoms with E-state index in [1.54, 1.807) is 11.1 Å². The van der Waals surface area contributed by atoms with E-state index in [0.717, 1.165) is 12.0 Å². The highest BCUT2D eigenvalue weighted by atomic mass is 16.6. The molecule has 23 heavy (non-hydrogen) atoms. The number of pyridine rings is 1. The van der Waals surface area contributed by atoms with Crippen LogP contribution < -0.4 is 5.32 Å². The van der Waals surface area contributed by atoms with Gasteiger partial charge in [0.15, 0.2) is 0 Å². The number of rotatable bonds is 3. The van der Waals surface area contributed by atoms with Gasteiger partial charge in [0.2, 0.25) is 5.91 Å². The molecule has 1 fully saturated rings. The standard InChI is InChI=1S/C17H25N3O3/c1-12-5-7-18-14(9-12)19-15(21)10-13-6-8-20(11-13)16(22)23-17(2,3)4/h5,7,9,13H,6,8,10-11H2,1-4H3,(H,18,19,21)/t13-/m1/s1. The number of likely N-dealkylation sites (tertiary alicyclic amines) is 1. The fourth-order valence-corrected chi connectivity index (χ4v) is 2.55. The normalized spacial score (nSPS) is 17.9. The lowest BCUT2D eigenvalue weighted by Gasteiger charge is -2.24. The molecule has 1 atom stereocenters. The summed E-state index contributed by atoms with van der Waals surface area (Å²) in [6, 6.07) is 3.71. The number of aromatic nitrogens is 1. The lowest BCUT2D eigenvalue weighted by Crippen LogP contribution is -2.35. The fourth-order valence-electron chi connectivity index (χ4n) is 2.55. The zero-order valence-corrected chi connectivity index (χ0v) is 14.3. The van der Waals surface area contributed by atoms with Crippen molar-refractivity contribution in [2.45, 2.75) is 46.1 Å². The van der Waals surface area contributed by atoms with Crippen LogP contribution in [0.1, 0.15) is 39.2 Å². The Morgan fingerprint density at radius 3 is 2.83 bits per heavy atom. The first-order valence-electron chi connectivity index (χ1n) is 7.93. The van der Waals surface area contributed by atoms with Crippen molar-refractivity contribution in [2.24, 2.45) is 5.92 Å². The molecular formula is C17H25N3O3. The van der Waals surface area contributed by atoms with E-state index in [-0.39, 0.29) is 17.9 Å². The average Bonchev–Trinajstić information content (AvgIpc) is 2.85. The van der Waals surface area contributed by atoms with Crippen LogP contribution in [0.4, 0.5) is 10.6 Å². The van der Waals surface area contributed by atoms with Crippen LogP contribution in [0.3, 0.4) is 0 Å². The second kappa shape index (κ2) is 6.98. The summed E-state index contributed by atoms with van der Waals surface area (Å²) in [5, 5.41) is 2.81. The molecule has 2 rings (SSSR count). The van der Waals surface area contributed by atoms with Gasteiger partial charge in [0.05, 0.1) is 0 Å². The van der Waals surface area contributed by atoms with Gasteiger partial charge in [-0.3, -0.25) is 4.79 Å². The van der Waals surface area contributed by atoms with E-state index in [1.807, 2.05) is 39.8 Å². The van der Waals surface area contributed by atoms with E-state index >= 15 is 0 Å². The van der Waals surface area contributed by atoms with E-state index in [9.17, 15) is 9.59 Å². The minimum atomic E-state index is -0.497. The molecule has 0 spiro atoms. The van der Waals surface area contributed by atoms with Crippen molar-refractivity contribution in [2.75, 3.05) is 18.4 Å². The van der Waals surface area contributed by atoms with Gasteiger partial charge in [-0.05, 0) is 57.7 Å². The van der Waals surface area contributed by atoms with Gasteiger partial charge in [-0.25, -0.2) is 9.78 Å². The van der Waals surface area contributed by atoms with Crippen molar-refractivity contribution in [3.63, 3.8) is 0 Å². The summed E-state index contributed by atoms with van der Waals surface area (Å²) in [5.74, 6) is 0.656. The van der Waals surface area contributed by atoms with Gasteiger partial charge in [-0.2, -0.15) is 0 Å². The number of amides is 2. The van der Waals surface area contributed by atoms with Gasteiger partial charge >= 0.3 is 6.09 Å². The zero-order valence-electron chi connectivity index (χ0n) is 14.3. The first-order valence-corrected chi connectivity index (χ1v) is 7.93. The maximum Gasteiger partial charge on any atom is 0.410 e. The molecule has 0 aliphatic carbocycles. The third-order valence-corrected chi connectivity index (χ3v) is 3.59. The molecule has 1 saturated heterocycles. The summed E-state index contributed by atoms with van der Waals surface area (Å²) in [5.41, 5.74) is 0.552. The summed E-state index contributed by atoms with van der Waals surface area (Å²) in [7, 11) is 0. The Balaban J connectivity index is 1.81. The Labute approximate surface area is 137 Å². The third kappa shape index (κ3) is 5.54. The van der Waals surface area contributed by atoms with Crippen molar-refractivity contribution in [1.82, 2.24) is 9.88 Å². The Morgan fingerprint density at radius 2 is 2.17 bits per heavy atom. The third-order valence-electron chi connectivity index (χ3n) is 3.59. The van der Waals surface area contributed by atoms with Gasteiger partial charge < -0.3 is 15.0 Å². The van der Waals surface area contributed by atoms with Crippen LogP contribution in [0.15, 0.2) is 18.3 Å². The highest BCUT2D eigenvalue weighted by Gasteiger charge is 2.30. The highest BCUT2D eigenvalue weighted by Crippen LogP contribution is 2.22. The summed E-state index contributed by atoms with van der Waals surface area (Å²) in [4.78, 5) is 29.9. The second-order valence-corrected chi connectivity index (χ2v) is 7.05. The fraction of sp³-hybridized carbons (Fsp3) is 0.588. The van der Waals surface area contributed by atoms with E-state index in [4.69, 9.17) is 4.74 Å². The smallest absolute Gasteiger partial charge is 0.410 e. The van der Waals surface area contributed by atoms with Crippen LogP contribution in [0.5, 0.6) is 0 Å². The number of hydrogen-bond acceptors (Lipinski definition) is 4. The van der Waals surface area contributed by atoms with Crippen molar-refractivity contribution in [3.8, 4) is 0 Å². The molecule has 126 valence electrons. The number of nitrogens with zero attached hydrogens (tertiary/aromatic N) is 2. The van der Waals surface area contributed by atoms with Crippen molar-refractivity contribution in [3.05, 3.63) is 23.9 Å². The second-order valence-electron chi connectivity index (χ2n) is 7.05. The minimum absolute atomic E-state index is 0.0702. The van der Waals surface area contributed by atoms with E-state index in [2.05, 4.69) is 10.3 Å². The number of carbonyl (C=O) groups excluding carboxylic acids is 2. The molecule has 1 aromatic rings. The number of ether oxygens (including phenoxy) is 1. The molecule has 6 heteroatoms. The zero-order chi connectivity index (χ0) is 17.0. The quantitative estimate of drug-likeness (QED) is 0.929. The van der Waals surface area contributed by atoms with Crippen molar-refractivity contribution < 1.29 is 14.3 Å². The lowest BCUT2D eigenvalue weighted by molar-refractivity contribution is -0.117. The maximum atomic E-state index is 12.1. The predicted octanol–water partition coefficient (Wildman–Crippen LogP) is 2.98. The Bertz CT molecular complexity index is 581. The molecule has 0 saturated carbocycles. The molecule has 0 bridgehead atoms. The largest absolute Gasteiger partial charge is 0.444 e. The molecule has 1 aliphatic heterocycles. The number of hydrogen-bond donors (Lipinski definition) is 1. The van der Waals surface area contributed by atoms with Crippen LogP contribution in [-0.4, -0.2) is 40.6 Å². The number of anilines is 1. The molecule has 0 aromatic carbocycles. The summed E-state index contributed by atoms with van der Waals surface area (Å²) in [6.45, 7) is 8.69. The topological polar surface area (TPSA) is 71.5 Å². The summed E-state index contributed by atoms with van der Waals surface area (Å²) < 4.78 is 5.36. The van der Waals surface area contributed by atoms with Gasteiger partial charge in [0.1, 0.15) is 11.4 Å². The lowest BCUT2D eigenvalue weighted by atomic mass is 10.0. The molecule has 1 aliphatic rings. The van der Waals surface area contributed by atoms with Gasteiger partial charge in [0.25, 0.3) is 0 Å². The molecule has 1 aromatic heterocycles. The maximum absolute atomic E-state index is 12.1. The Hall–Kier alpha value is -2.11. The van der Waals surface area contributed by atoms with E-state index in [1.165, 1.54) is 0 Å². The first-order chi connectivity index (χ1) is 10.7. The number of carbonyl (C=O) groups is 2. The van der Waals surface area contributed by atoms with Gasteiger partial charge in [0, 0.05) is 25.7 Å². The summed E-state index contributed by atoms with van der Waals surface area (Å²) in [6.07, 6.45) is 2.56. The molecular weight excluding hydrogens is 294 g/mol. The van der Waals surface area contributed by atoms with Gasteiger partial charge in [-0.1, -0.05) is 0 Å². The molecule has 6 nitrogen and oxygen atoms in total. The Kier molecular flexibility index (Phi) is 5.23. The highest BCUT2D eigenvalue weighted by molar-refractivity contribution is 5.90. The monoisotopic (exact) mass is 319 g/mol. The molecule has 2 heterocycles. The Morgan fingerprint density at radius 1 is 1.43 bits per heavy atom. The molecule has 0 unspecified atom stereocenters. The van der Waals surface area contributed by atoms with Crippen molar-refractivity contribution in [1.29, 1.82) is 0 Å². The van der Waals surface area contributed by atoms with Crippen LogP contribution in [0, 0.1) is 12.8 Å². The molecule has 2 amide bonds. The average molecular weight is 319 g/mol.